The van der Waals surface area contributed by atoms with Crippen molar-refractivity contribution in [2.75, 3.05) is 232 Å². The second-order valence-corrected chi connectivity index (χ2v) is 49.1. The molecule has 0 aliphatic carbocycles. The summed E-state index contributed by atoms with van der Waals surface area (Å²) in [7, 11) is 34.0. The van der Waals surface area contributed by atoms with Crippen molar-refractivity contribution in [1.29, 1.82) is 0 Å². The predicted octanol–water partition coefficient (Wildman–Crippen LogP) is 12.3. The molecular weight excluding hydrogens is 1970 g/mol. The number of aryl methyl sites for hydroxylation is 2. The molecule has 0 radical (unpaired) electrons. The van der Waals surface area contributed by atoms with Crippen LogP contribution in [0, 0.1) is 6.92 Å². The lowest BCUT2D eigenvalue weighted by Gasteiger charge is -2.39. The maximum Gasteiger partial charge on any atom is 0.211 e. The van der Waals surface area contributed by atoms with Crippen molar-refractivity contribution in [3.63, 3.8) is 0 Å². The number of methoxy groups -OCH3 is 1. The Morgan fingerprint density at radius 3 is 0.912 bits per heavy atom. The van der Waals surface area contributed by atoms with Gasteiger partial charge in [0.05, 0.1) is 137 Å². The molecule has 11 aromatic carbocycles. The average Bonchev–Trinajstić information content (AvgIpc) is 1.64. The van der Waals surface area contributed by atoms with Gasteiger partial charge in [-0.25, -0.2) is 0 Å². The van der Waals surface area contributed by atoms with Crippen molar-refractivity contribution in [3.8, 4) is 0 Å². The number of rotatable bonds is 15. The van der Waals surface area contributed by atoms with Gasteiger partial charge in [0.15, 0.2) is 54.7 Å². The van der Waals surface area contributed by atoms with Crippen molar-refractivity contribution in [1.82, 2.24) is 34.0 Å². The predicted molar refractivity (Wildman–Crippen MR) is 578 cm³/mol. The number of halogens is 3. The summed E-state index contributed by atoms with van der Waals surface area (Å²) >= 11 is 0. The highest BCUT2D eigenvalue weighted by molar-refractivity contribution is 7.98. The molecule has 7 aliphatic rings. The number of piperazine rings is 3. The van der Waals surface area contributed by atoms with Crippen molar-refractivity contribution >= 4 is 71.2 Å². The lowest BCUT2D eigenvalue weighted by molar-refractivity contribution is -0.897. The molecule has 20 heteroatoms. The summed E-state index contributed by atoms with van der Waals surface area (Å²) < 4.78 is 11.0. The molecule has 7 fully saturated rings. The van der Waals surface area contributed by atoms with Crippen molar-refractivity contribution in [2.45, 2.75) is 119 Å². The number of ether oxygens (including phenoxy) is 1. The normalized spacial score (nSPS) is 17.1. The molecule has 0 amide bonds. The maximum absolute atomic E-state index is 11.8. The van der Waals surface area contributed by atoms with E-state index in [1.165, 1.54) is 249 Å². The SMILES string of the molecule is CN1CCC([N+](C)(C)C)CC1.CN1CCN(C)CC1.CN1CC[N+](C)(C)CC1.CN1CC[N+](C)(C)CC1.COC1CCN(C)CC1.Cc1ccc([S+](c2ccccc2)c2ccccc2)cc1.Cn1cc([S+]2CCCC2)c2ccccc21.O=C(C[S+]1CCCC1)c1ccccc1.[Br-].[Br-].[Br-].c1ccc([S+](c2ccccc2)c2ccccc2)cc1.c1ccc([S+](c2ccccc2)c2ccccc2)cc1. The van der Waals surface area contributed by atoms with Crippen LogP contribution in [0.5, 0.6) is 0 Å². The standard InChI is InChI=1S/C19H17S.2C18H15S.C13H16NS.C12H15OS.C9H21N2.2C7H17N2.C7H15NO.C6H14N2.3BrH/c1-16-12-14-19(15-13-16)20(17-8-4-2-5-9-17)18-10-6-3-7-11-18;2*1-4-10-16(11-5-1)19(17-12-6-2-7-13-17)18-14-8-3-9-15-18;1-14-10-13(15-8-4-5-9-15)11-6-2-3-7-12(11)14;13-12(10-14-8-4-5-9-14)11-6-2-1-3-7-11;1-10-7-5-9(6-8-10)11(2,3)4;2*1-8-4-6-9(2,3)7-5-8;1-8-5-3-7(9-2)4-6-8;1-7-3-5-8(2)6-4-7;;;/h2-15H,1H3;2*1-15H;2-3,6-7,10H,4-5,8-9H2,1H3;1-3,6-7H,4-5,8-10H2;9H,5-8H2,1-4H3;2*4-7H2,1-3H3;7H,3-6H2,1-2H3;3-6H2,1-2H3;3*1H/q8*+1;;;;;/p-3. The van der Waals surface area contributed by atoms with E-state index in [4.69, 9.17) is 4.74 Å². The Hall–Kier alpha value is -6.58. The van der Waals surface area contributed by atoms with Crippen molar-refractivity contribution in [3.05, 3.63) is 339 Å². The summed E-state index contributed by atoms with van der Waals surface area (Å²) in [5, 5.41) is 1.48. The van der Waals surface area contributed by atoms with Gasteiger partial charge in [-0.05, 0) is 220 Å². The lowest BCUT2D eigenvalue weighted by atomic mass is 10.0. The van der Waals surface area contributed by atoms with Crippen LogP contribution in [0.4, 0.5) is 0 Å². The first-order chi connectivity index (χ1) is 64.3. The Morgan fingerprint density at radius 1 is 0.346 bits per heavy atom. The first-order valence-corrected chi connectivity index (χ1v) is 55.5. The van der Waals surface area contributed by atoms with Crippen LogP contribution in [-0.2, 0) is 66.3 Å². The minimum Gasteiger partial charge on any atom is -1.00 e. The van der Waals surface area contributed by atoms with Crippen LogP contribution in [0.1, 0.15) is 67.3 Å². The summed E-state index contributed by atoms with van der Waals surface area (Å²) in [5.74, 6) is 6.49. The molecule has 0 unspecified atom stereocenters. The third-order valence-corrected chi connectivity index (χ3v) is 37.3. The number of benzene rings is 11. The summed E-state index contributed by atoms with van der Waals surface area (Å²) in [6.07, 6.45) is 13.5. The van der Waals surface area contributed by atoms with E-state index in [-0.39, 0.29) is 83.6 Å². The molecule has 12 aromatic rings. The number of nitrogens with zero attached hydrogens (tertiary/aromatic N) is 10. The van der Waals surface area contributed by atoms with Gasteiger partial charge in [0, 0.05) is 122 Å². The number of hydrogen-bond donors (Lipinski definition) is 0. The highest BCUT2D eigenvalue weighted by atomic mass is 79.9. The number of hydrogen-bond acceptors (Lipinski definition) is 8. The zero-order valence-electron chi connectivity index (χ0n) is 84.8. The minimum atomic E-state index is -0.0229. The van der Waals surface area contributed by atoms with Crippen LogP contribution < -0.4 is 50.9 Å². The second kappa shape index (κ2) is 62.7. The number of quaternary nitrogens is 3. The largest absolute Gasteiger partial charge is 1.00 e. The molecule has 7 aliphatic heterocycles. The molecule has 734 valence electrons. The fraction of sp³-hybridized carbons (Fsp3) is 0.405. The Kier molecular flexibility index (Phi) is 53.6. The molecule has 0 atom stereocenters. The molecule has 0 N–H and O–H groups in total. The minimum absolute atomic E-state index is 0. The van der Waals surface area contributed by atoms with Crippen LogP contribution in [-0.4, -0.2) is 298 Å². The summed E-state index contributed by atoms with van der Waals surface area (Å²) in [4.78, 5) is 39.9. The van der Waals surface area contributed by atoms with E-state index in [1.54, 1.807) is 12.0 Å². The summed E-state index contributed by atoms with van der Waals surface area (Å²) in [6.45, 7) is 22.2. The second-order valence-electron chi connectivity index (χ2n) is 38.5. The van der Waals surface area contributed by atoms with Crippen LogP contribution >= 0.6 is 0 Å². The van der Waals surface area contributed by atoms with Crippen molar-refractivity contribution < 1.29 is 73.9 Å². The number of likely N-dealkylation sites (N-methyl/N-ethyl adjacent to an activating group) is 6. The number of para-hydroxylation sites is 1. The number of carbonyl (C=O) groups is 1. The Morgan fingerprint density at radius 2 is 0.610 bits per heavy atom. The Labute approximate surface area is 868 Å². The number of aromatic nitrogens is 1. The van der Waals surface area contributed by atoms with Gasteiger partial charge >= 0.3 is 0 Å². The van der Waals surface area contributed by atoms with Crippen LogP contribution in [0.3, 0.4) is 0 Å². The van der Waals surface area contributed by atoms with Gasteiger partial charge in [0.1, 0.15) is 23.0 Å². The molecule has 8 heterocycles. The summed E-state index contributed by atoms with van der Waals surface area (Å²) in [5.41, 5.74) is 3.57. The van der Waals surface area contributed by atoms with Gasteiger partial charge in [-0.2, -0.15) is 0 Å². The van der Waals surface area contributed by atoms with Gasteiger partial charge in [0.25, 0.3) is 0 Å². The molecule has 0 bridgehead atoms. The fourth-order valence-corrected chi connectivity index (χ4v) is 27.7. The Balaban J connectivity index is 0.000000209. The van der Waals surface area contributed by atoms with E-state index in [0.29, 0.717) is 33.7 Å². The fourth-order valence-electron chi connectivity index (χ4n) is 16.6. The Bertz CT molecular complexity index is 4710. The van der Waals surface area contributed by atoms with Crippen LogP contribution in [0.15, 0.2) is 377 Å². The summed E-state index contributed by atoms with van der Waals surface area (Å²) in [6, 6.07) is 114. The van der Waals surface area contributed by atoms with Crippen LogP contribution in [0.2, 0.25) is 0 Å². The first-order valence-electron chi connectivity index (χ1n) is 48.5. The highest BCUT2D eigenvalue weighted by Gasteiger charge is 2.35. The molecule has 136 heavy (non-hydrogen) atoms. The van der Waals surface area contributed by atoms with E-state index in [9.17, 15) is 4.79 Å². The number of likely N-dealkylation sites (tertiary alicyclic amines) is 2. The molecule has 0 spiro atoms. The molecule has 1 aromatic heterocycles. The average molecular weight is 2130 g/mol. The monoisotopic (exact) mass is 2120 g/mol. The molecule has 7 saturated heterocycles. The van der Waals surface area contributed by atoms with Gasteiger partial charge in [-0.1, -0.05) is 206 Å². The number of fused-ring (bicyclic) bond motifs is 1. The van der Waals surface area contributed by atoms with Gasteiger partial charge in [0.2, 0.25) is 5.78 Å². The van der Waals surface area contributed by atoms with Gasteiger partial charge < -0.3 is 93.3 Å². The quantitative estimate of drug-likeness (QED) is 0.0572. The third-order valence-electron chi connectivity index (χ3n) is 25.7. The molecule has 12 nitrogen and oxygen atoms in total. The zero-order valence-corrected chi connectivity index (χ0v) is 93.6. The van der Waals surface area contributed by atoms with E-state index < -0.39 is 0 Å². The number of ketones is 1. The molecule has 19 rings (SSSR count). The van der Waals surface area contributed by atoms with E-state index in [1.807, 2.05) is 30.3 Å². The van der Waals surface area contributed by atoms with Crippen molar-refractivity contribution in [2.24, 2.45) is 7.05 Å². The van der Waals surface area contributed by atoms with Gasteiger partial charge in [-0.15, -0.1) is 0 Å². The van der Waals surface area contributed by atoms with E-state index >= 15 is 0 Å². The number of piperidine rings is 2. The number of Topliss-reactive ketones (excluding diaryl/α,β-unsaturated/α-hetero) is 1. The third kappa shape index (κ3) is 41.2. The topological polar surface area (TPSA) is 50.7 Å². The smallest absolute Gasteiger partial charge is 0.211 e. The van der Waals surface area contributed by atoms with Crippen LogP contribution in [0.25, 0.3) is 10.9 Å². The van der Waals surface area contributed by atoms with E-state index in [0.717, 1.165) is 21.8 Å². The maximum atomic E-state index is 11.8. The molecular formula is C116H162Br3N10O2S5+5. The molecule has 0 saturated carbocycles. The van der Waals surface area contributed by atoms with E-state index in [2.05, 4.69) is 437 Å². The number of carbonyl (C=O) groups excluding carboxylic acids is 1. The first kappa shape index (κ1) is 116. The highest BCUT2D eigenvalue weighted by Crippen LogP contribution is 2.36. The lowest BCUT2D eigenvalue weighted by Crippen LogP contribution is -3.00. The van der Waals surface area contributed by atoms with Gasteiger partial charge in [-0.3, -0.25) is 14.6 Å². The zero-order chi connectivity index (χ0) is 94.6.